The van der Waals surface area contributed by atoms with E-state index >= 15 is 0 Å². The van der Waals surface area contributed by atoms with Gasteiger partial charge in [-0.3, -0.25) is 9.48 Å². The molecule has 0 aromatic carbocycles. The smallest absolute Gasteiger partial charge is 0.242 e. The van der Waals surface area contributed by atoms with Gasteiger partial charge in [-0.05, 0) is 36.2 Å². The lowest BCUT2D eigenvalue weighted by Gasteiger charge is -2.38. The summed E-state index contributed by atoms with van der Waals surface area (Å²) in [7, 11) is 1.93. The maximum Gasteiger partial charge on any atom is 0.242 e. The molecule has 0 radical (unpaired) electrons. The Balaban J connectivity index is 2.22. The molecule has 1 aliphatic heterocycles. The zero-order valence-electron chi connectivity index (χ0n) is 12.0. The van der Waals surface area contributed by atoms with Gasteiger partial charge in [0.15, 0.2) is 0 Å². The van der Waals surface area contributed by atoms with E-state index in [1.807, 2.05) is 30.5 Å². The van der Waals surface area contributed by atoms with Crippen LogP contribution in [0.1, 0.15) is 32.2 Å². The quantitative estimate of drug-likeness (QED) is 0.913. The van der Waals surface area contributed by atoms with Crippen LogP contribution in [0.25, 0.3) is 0 Å². The van der Waals surface area contributed by atoms with E-state index in [2.05, 4.69) is 33.3 Å². The second-order valence-corrected chi connectivity index (χ2v) is 6.26. The van der Waals surface area contributed by atoms with Crippen LogP contribution in [0.4, 0.5) is 0 Å². The number of hydrogen-bond acceptors (Lipinski definition) is 3. The van der Waals surface area contributed by atoms with E-state index in [-0.39, 0.29) is 5.91 Å². The van der Waals surface area contributed by atoms with Crippen molar-refractivity contribution in [1.82, 2.24) is 20.0 Å². The van der Waals surface area contributed by atoms with E-state index in [0.717, 1.165) is 35.4 Å². The number of amides is 1. The second-order valence-electron chi connectivity index (χ2n) is 5.46. The number of carbonyl (C=O) groups excluding carboxylic acids is 1. The zero-order valence-corrected chi connectivity index (χ0v) is 13.5. The molecule has 1 fully saturated rings. The molecule has 0 unspecified atom stereocenters. The van der Waals surface area contributed by atoms with Crippen molar-refractivity contribution in [3.05, 3.63) is 15.9 Å². The summed E-state index contributed by atoms with van der Waals surface area (Å²) in [6, 6.07) is 0. The predicted octanol–water partition coefficient (Wildman–Crippen LogP) is 1.46. The van der Waals surface area contributed by atoms with Crippen molar-refractivity contribution in [3.63, 3.8) is 0 Å². The maximum absolute atomic E-state index is 12.4. The molecule has 5 nitrogen and oxygen atoms in total. The van der Waals surface area contributed by atoms with Crippen LogP contribution in [-0.2, 0) is 24.8 Å². The molecule has 0 atom stereocenters. The van der Waals surface area contributed by atoms with E-state index in [4.69, 9.17) is 0 Å². The fraction of sp³-hybridized carbons (Fsp3) is 0.692. The first-order chi connectivity index (χ1) is 8.86. The zero-order chi connectivity index (χ0) is 14.2. The Morgan fingerprint density at radius 1 is 1.47 bits per heavy atom. The molecule has 0 aliphatic carbocycles. The van der Waals surface area contributed by atoms with Crippen molar-refractivity contribution in [2.75, 3.05) is 13.1 Å². The number of nitrogens with one attached hydrogen (secondary N) is 1. The van der Waals surface area contributed by atoms with E-state index in [0.29, 0.717) is 6.54 Å². The Hall–Kier alpha value is -0.880. The fourth-order valence-corrected chi connectivity index (χ4v) is 3.14. The molecule has 1 N–H and O–H groups in total. The van der Waals surface area contributed by atoms with Crippen molar-refractivity contribution in [2.24, 2.45) is 7.05 Å². The van der Waals surface area contributed by atoms with Crippen molar-refractivity contribution in [2.45, 2.75) is 39.3 Å². The lowest BCUT2D eigenvalue weighted by atomic mass is 10.0. The molecular weight excluding hydrogens is 308 g/mol. The van der Waals surface area contributed by atoms with E-state index in [9.17, 15) is 4.79 Å². The number of aryl methyl sites for hydroxylation is 2. The van der Waals surface area contributed by atoms with Crippen molar-refractivity contribution >= 4 is 21.8 Å². The van der Waals surface area contributed by atoms with Crippen LogP contribution in [-0.4, -0.2) is 39.2 Å². The maximum atomic E-state index is 12.4. The number of nitrogens with zero attached hydrogens (tertiary/aromatic N) is 3. The molecule has 0 saturated carbocycles. The predicted molar refractivity (Wildman–Crippen MR) is 77.8 cm³/mol. The third-order valence-electron chi connectivity index (χ3n) is 3.61. The summed E-state index contributed by atoms with van der Waals surface area (Å²) in [6.45, 7) is 8.11. The van der Waals surface area contributed by atoms with Crippen molar-refractivity contribution in [1.29, 1.82) is 0 Å². The highest BCUT2D eigenvalue weighted by molar-refractivity contribution is 9.10. The number of halogens is 1. The first-order valence-electron chi connectivity index (χ1n) is 6.61. The van der Waals surface area contributed by atoms with Crippen molar-refractivity contribution in [3.8, 4) is 0 Å². The Labute approximate surface area is 122 Å². The Bertz CT molecular complexity index is 495. The number of hydrogen-bond donors (Lipinski definition) is 1. The molecule has 2 rings (SSSR count). The third-order valence-corrected chi connectivity index (χ3v) is 4.53. The second kappa shape index (κ2) is 5.25. The lowest BCUT2D eigenvalue weighted by molar-refractivity contribution is -0.140. The highest BCUT2D eigenvalue weighted by Crippen LogP contribution is 2.24. The summed E-state index contributed by atoms with van der Waals surface area (Å²) in [6.07, 6.45) is 0.884. The number of aromatic nitrogens is 2. The van der Waals surface area contributed by atoms with Gasteiger partial charge in [0.05, 0.1) is 27.9 Å². The average molecular weight is 329 g/mol. The van der Waals surface area contributed by atoms with Gasteiger partial charge in [0.2, 0.25) is 5.91 Å². The van der Waals surface area contributed by atoms with E-state index in [1.165, 1.54) is 0 Å². The molecule has 0 bridgehead atoms. The van der Waals surface area contributed by atoms with Gasteiger partial charge in [0.1, 0.15) is 0 Å². The van der Waals surface area contributed by atoms with Gasteiger partial charge in [0.25, 0.3) is 0 Å². The largest absolute Gasteiger partial charge is 0.334 e. The summed E-state index contributed by atoms with van der Waals surface area (Å²) in [4.78, 5) is 14.3. The summed E-state index contributed by atoms with van der Waals surface area (Å²) in [5, 5.41) is 7.72. The van der Waals surface area contributed by atoms with Crippen molar-refractivity contribution < 1.29 is 4.79 Å². The van der Waals surface area contributed by atoms with E-state index < -0.39 is 5.54 Å². The fourth-order valence-electron chi connectivity index (χ4n) is 2.40. The third kappa shape index (κ3) is 2.69. The van der Waals surface area contributed by atoms with Gasteiger partial charge in [0, 0.05) is 20.1 Å². The van der Waals surface area contributed by atoms with Gasteiger partial charge in [-0.2, -0.15) is 5.10 Å². The first-order valence-corrected chi connectivity index (χ1v) is 7.40. The summed E-state index contributed by atoms with van der Waals surface area (Å²) in [5.74, 6) is 0.143. The van der Waals surface area contributed by atoms with Crippen LogP contribution in [0.2, 0.25) is 0 Å². The first kappa shape index (κ1) is 14.5. The van der Waals surface area contributed by atoms with Gasteiger partial charge in [-0.15, -0.1) is 0 Å². The number of rotatable bonds is 3. The van der Waals surface area contributed by atoms with Crippen LogP contribution in [0.3, 0.4) is 0 Å². The topological polar surface area (TPSA) is 50.2 Å². The molecule has 1 amide bonds. The van der Waals surface area contributed by atoms with Gasteiger partial charge in [-0.25, -0.2) is 0 Å². The molecule has 2 heterocycles. The number of piperazine rings is 1. The lowest BCUT2D eigenvalue weighted by Crippen LogP contribution is -2.60. The van der Waals surface area contributed by atoms with Crippen LogP contribution < -0.4 is 5.32 Å². The minimum absolute atomic E-state index is 0.143. The van der Waals surface area contributed by atoms with E-state index in [1.54, 1.807) is 0 Å². The molecule has 1 saturated heterocycles. The van der Waals surface area contributed by atoms with Gasteiger partial charge in [-0.1, -0.05) is 6.92 Å². The highest BCUT2D eigenvalue weighted by atomic mass is 79.9. The summed E-state index contributed by atoms with van der Waals surface area (Å²) >= 11 is 3.60. The van der Waals surface area contributed by atoms with Gasteiger partial charge >= 0.3 is 0 Å². The monoisotopic (exact) mass is 328 g/mol. The van der Waals surface area contributed by atoms with Crippen LogP contribution in [0.15, 0.2) is 4.47 Å². The number of carbonyl (C=O) groups is 1. The Kier molecular flexibility index (Phi) is 4.01. The molecule has 19 heavy (non-hydrogen) atoms. The molecular formula is C13H21BrN4O. The summed E-state index contributed by atoms with van der Waals surface area (Å²) in [5.41, 5.74) is 1.62. The highest BCUT2D eigenvalue weighted by Gasteiger charge is 2.35. The standard InChI is InChI=1S/C13H21BrN4O/c1-5-9-11(14)10(17(4)16-9)8-18-7-6-15-13(2,3)12(18)19/h15H,5-8H2,1-4H3. The Morgan fingerprint density at radius 2 is 2.16 bits per heavy atom. The molecule has 106 valence electrons. The average Bonchev–Trinajstić information content (AvgIpc) is 2.62. The van der Waals surface area contributed by atoms with Crippen LogP contribution in [0, 0.1) is 0 Å². The van der Waals surface area contributed by atoms with Crippen LogP contribution >= 0.6 is 15.9 Å². The minimum atomic E-state index is -0.475. The molecule has 0 spiro atoms. The minimum Gasteiger partial charge on any atom is -0.334 e. The Morgan fingerprint density at radius 3 is 2.74 bits per heavy atom. The van der Waals surface area contributed by atoms with Crippen LogP contribution in [0.5, 0.6) is 0 Å². The molecule has 6 heteroatoms. The molecule has 1 aromatic heterocycles. The molecule has 1 aliphatic rings. The molecule has 1 aromatic rings. The van der Waals surface area contributed by atoms with Gasteiger partial charge < -0.3 is 10.2 Å². The normalized spacial score (nSPS) is 19.0. The summed E-state index contributed by atoms with van der Waals surface area (Å²) < 4.78 is 2.90. The SMILES string of the molecule is CCc1nn(C)c(CN2CCNC(C)(C)C2=O)c1Br.